The number of Topliss-reactive ketones (excluding diaryl/α,β-unsaturated/α-hetero) is 1. The van der Waals surface area contributed by atoms with E-state index < -0.39 is 10.0 Å². The normalized spacial score (nSPS) is 11.9. The summed E-state index contributed by atoms with van der Waals surface area (Å²) in [7, 11) is -3.52. The zero-order valence-electron chi connectivity index (χ0n) is 16.1. The lowest BCUT2D eigenvalue weighted by Crippen LogP contribution is -2.30. The Morgan fingerprint density at radius 2 is 1.79 bits per heavy atom. The number of rotatable bonds is 8. The highest BCUT2D eigenvalue weighted by Crippen LogP contribution is 2.26. The SMILES string of the molecule is CCN(CC)S(=O)(=O)c1ccc(C(=O)CNc2nc3ccc(C)cc3s2)cc1. The minimum atomic E-state index is -3.52. The van der Waals surface area contributed by atoms with Crippen LogP contribution in [0.2, 0.25) is 0 Å². The molecule has 1 N–H and O–H groups in total. The minimum Gasteiger partial charge on any atom is -0.354 e. The quantitative estimate of drug-likeness (QED) is 0.562. The molecule has 0 radical (unpaired) electrons. The molecule has 0 bridgehead atoms. The van der Waals surface area contributed by atoms with Gasteiger partial charge in [-0.25, -0.2) is 13.4 Å². The number of aromatic nitrogens is 1. The summed E-state index contributed by atoms with van der Waals surface area (Å²) in [6.07, 6.45) is 0. The minimum absolute atomic E-state index is 0.0982. The van der Waals surface area contributed by atoms with Gasteiger partial charge in [-0.05, 0) is 48.9 Å². The Morgan fingerprint density at radius 3 is 2.43 bits per heavy atom. The second kappa shape index (κ2) is 8.38. The van der Waals surface area contributed by atoms with Crippen LogP contribution in [0.1, 0.15) is 29.8 Å². The Kier molecular flexibility index (Phi) is 6.12. The van der Waals surface area contributed by atoms with Crippen LogP contribution in [0.4, 0.5) is 5.13 Å². The number of nitrogens with zero attached hydrogens (tertiary/aromatic N) is 2. The highest BCUT2D eigenvalue weighted by molar-refractivity contribution is 7.89. The third-order valence-electron chi connectivity index (χ3n) is 4.46. The van der Waals surface area contributed by atoms with Gasteiger partial charge in [-0.2, -0.15) is 4.31 Å². The molecule has 28 heavy (non-hydrogen) atoms. The van der Waals surface area contributed by atoms with E-state index in [1.54, 1.807) is 26.0 Å². The second-order valence-electron chi connectivity index (χ2n) is 6.38. The maximum atomic E-state index is 12.5. The molecule has 148 valence electrons. The van der Waals surface area contributed by atoms with E-state index in [4.69, 9.17) is 0 Å². The molecule has 0 aliphatic rings. The van der Waals surface area contributed by atoms with Gasteiger partial charge in [-0.1, -0.05) is 31.3 Å². The Morgan fingerprint density at radius 1 is 1.11 bits per heavy atom. The molecule has 0 aliphatic carbocycles. The highest BCUT2D eigenvalue weighted by atomic mass is 32.2. The lowest BCUT2D eigenvalue weighted by molar-refractivity contribution is 0.101. The Balaban J connectivity index is 1.69. The van der Waals surface area contributed by atoms with Crippen LogP contribution in [0.3, 0.4) is 0 Å². The number of sulfonamides is 1. The van der Waals surface area contributed by atoms with E-state index >= 15 is 0 Å². The number of benzene rings is 2. The Labute approximate surface area is 169 Å². The molecule has 0 aliphatic heterocycles. The summed E-state index contributed by atoms with van der Waals surface area (Å²) in [5.74, 6) is -0.123. The average molecular weight is 418 g/mol. The molecule has 0 atom stereocenters. The molecule has 1 aromatic heterocycles. The summed E-state index contributed by atoms with van der Waals surface area (Å²) in [5.41, 5.74) is 2.53. The fourth-order valence-corrected chi connectivity index (χ4v) is 5.31. The number of anilines is 1. The molecule has 0 saturated carbocycles. The van der Waals surface area contributed by atoms with Crippen molar-refractivity contribution in [2.24, 2.45) is 0 Å². The van der Waals surface area contributed by atoms with Crippen LogP contribution in [-0.4, -0.2) is 43.1 Å². The largest absolute Gasteiger partial charge is 0.354 e. The molecule has 0 unspecified atom stereocenters. The number of ketones is 1. The van der Waals surface area contributed by atoms with Gasteiger partial charge in [0.05, 0.1) is 21.7 Å². The van der Waals surface area contributed by atoms with Gasteiger partial charge in [0.2, 0.25) is 10.0 Å². The average Bonchev–Trinajstić information content (AvgIpc) is 3.09. The van der Waals surface area contributed by atoms with Crippen molar-refractivity contribution in [2.45, 2.75) is 25.7 Å². The molecule has 8 heteroatoms. The monoisotopic (exact) mass is 417 g/mol. The summed E-state index contributed by atoms with van der Waals surface area (Å²) in [6, 6.07) is 12.1. The predicted molar refractivity (Wildman–Crippen MR) is 114 cm³/mol. The van der Waals surface area contributed by atoms with Crippen LogP contribution in [0.5, 0.6) is 0 Å². The summed E-state index contributed by atoms with van der Waals surface area (Å²) >= 11 is 1.50. The lowest BCUT2D eigenvalue weighted by Gasteiger charge is -2.18. The van der Waals surface area contributed by atoms with Crippen LogP contribution >= 0.6 is 11.3 Å². The first-order valence-electron chi connectivity index (χ1n) is 9.09. The van der Waals surface area contributed by atoms with Crippen molar-refractivity contribution in [1.82, 2.24) is 9.29 Å². The van der Waals surface area contributed by atoms with Crippen molar-refractivity contribution in [2.75, 3.05) is 25.0 Å². The summed E-state index contributed by atoms with van der Waals surface area (Å²) < 4.78 is 27.5. The molecule has 0 fully saturated rings. The molecular formula is C20H23N3O3S2. The second-order valence-corrected chi connectivity index (χ2v) is 9.35. The summed E-state index contributed by atoms with van der Waals surface area (Å²) in [4.78, 5) is 17.1. The maximum Gasteiger partial charge on any atom is 0.243 e. The van der Waals surface area contributed by atoms with Crippen molar-refractivity contribution < 1.29 is 13.2 Å². The summed E-state index contributed by atoms with van der Waals surface area (Å²) in [6.45, 7) is 6.54. The topological polar surface area (TPSA) is 79.4 Å². The third-order valence-corrected chi connectivity index (χ3v) is 7.50. The molecule has 3 rings (SSSR count). The van der Waals surface area contributed by atoms with Crippen molar-refractivity contribution in [3.05, 3.63) is 53.6 Å². The molecule has 2 aromatic carbocycles. The van der Waals surface area contributed by atoms with E-state index in [-0.39, 0.29) is 17.2 Å². The van der Waals surface area contributed by atoms with Gasteiger partial charge in [0.1, 0.15) is 0 Å². The van der Waals surface area contributed by atoms with Gasteiger partial charge in [-0.15, -0.1) is 0 Å². The first-order valence-corrected chi connectivity index (χ1v) is 11.3. The van der Waals surface area contributed by atoms with Gasteiger partial charge >= 0.3 is 0 Å². The predicted octanol–water partition coefficient (Wildman–Crippen LogP) is 3.93. The molecule has 0 spiro atoms. The number of thiazole rings is 1. The number of nitrogens with one attached hydrogen (secondary N) is 1. The fraction of sp³-hybridized carbons (Fsp3) is 0.300. The molecular weight excluding hydrogens is 394 g/mol. The van der Waals surface area contributed by atoms with Gasteiger partial charge in [0, 0.05) is 18.7 Å². The van der Waals surface area contributed by atoms with Crippen LogP contribution in [0.15, 0.2) is 47.4 Å². The van der Waals surface area contributed by atoms with Crippen LogP contribution < -0.4 is 5.32 Å². The van der Waals surface area contributed by atoms with Gasteiger partial charge < -0.3 is 5.32 Å². The molecule has 1 heterocycles. The van der Waals surface area contributed by atoms with Crippen LogP contribution in [0.25, 0.3) is 10.2 Å². The van der Waals surface area contributed by atoms with Gasteiger partial charge in [-0.3, -0.25) is 4.79 Å². The zero-order valence-corrected chi connectivity index (χ0v) is 17.7. The maximum absolute atomic E-state index is 12.5. The standard InChI is InChI=1S/C20H23N3O3S2/c1-4-23(5-2)28(25,26)16-9-7-15(8-10-16)18(24)13-21-20-22-17-11-6-14(3)12-19(17)27-20/h6-12H,4-5,13H2,1-3H3,(H,21,22). The molecule has 6 nitrogen and oxygen atoms in total. The van der Waals surface area contributed by atoms with E-state index in [1.807, 2.05) is 19.1 Å². The van der Waals surface area contributed by atoms with Crippen LogP contribution in [0, 0.1) is 6.92 Å². The number of hydrogen-bond acceptors (Lipinski definition) is 6. The van der Waals surface area contributed by atoms with E-state index in [0.29, 0.717) is 23.8 Å². The van der Waals surface area contributed by atoms with Gasteiger partial charge in [0.15, 0.2) is 10.9 Å². The Bertz CT molecular complexity index is 1090. The number of hydrogen-bond donors (Lipinski definition) is 1. The smallest absolute Gasteiger partial charge is 0.243 e. The third kappa shape index (κ3) is 4.24. The first kappa shape index (κ1) is 20.4. The molecule has 0 amide bonds. The van der Waals surface area contributed by atoms with Crippen molar-refractivity contribution in [3.63, 3.8) is 0 Å². The molecule has 0 saturated heterocycles. The summed E-state index contributed by atoms with van der Waals surface area (Å²) in [5, 5.41) is 3.75. The number of carbonyl (C=O) groups is 1. The Hall–Kier alpha value is -2.29. The van der Waals surface area contributed by atoms with Gasteiger partial charge in [0.25, 0.3) is 0 Å². The van der Waals surface area contributed by atoms with E-state index in [1.165, 1.54) is 33.3 Å². The lowest BCUT2D eigenvalue weighted by atomic mass is 10.1. The van der Waals surface area contributed by atoms with Crippen molar-refractivity contribution in [3.8, 4) is 0 Å². The van der Waals surface area contributed by atoms with Crippen molar-refractivity contribution in [1.29, 1.82) is 0 Å². The number of fused-ring (bicyclic) bond motifs is 1. The van der Waals surface area contributed by atoms with E-state index in [9.17, 15) is 13.2 Å². The van der Waals surface area contributed by atoms with Crippen molar-refractivity contribution >= 4 is 42.5 Å². The number of carbonyl (C=O) groups excluding carboxylic acids is 1. The van der Waals surface area contributed by atoms with E-state index in [0.717, 1.165) is 10.2 Å². The molecule has 3 aromatic rings. The zero-order chi connectivity index (χ0) is 20.3. The van der Waals surface area contributed by atoms with Crippen LogP contribution in [-0.2, 0) is 10.0 Å². The first-order chi connectivity index (χ1) is 13.3. The fourth-order valence-electron chi connectivity index (χ4n) is 2.89. The van der Waals surface area contributed by atoms with E-state index in [2.05, 4.69) is 16.4 Å². The number of aryl methyl sites for hydroxylation is 1. The highest BCUT2D eigenvalue weighted by Gasteiger charge is 2.21.